The van der Waals surface area contributed by atoms with Crippen molar-refractivity contribution in [1.29, 1.82) is 0 Å². The quantitative estimate of drug-likeness (QED) is 0.738. The smallest absolute Gasteiger partial charge is 0.250 e. The number of methoxy groups -OCH3 is 2. The Morgan fingerprint density at radius 3 is 2.38 bits per heavy atom. The van der Waals surface area contributed by atoms with E-state index < -0.39 is 10.0 Å². The number of sulfonamides is 1. The number of anilines is 1. The first-order valence-corrected chi connectivity index (χ1v) is 10.1. The molecule has 1 N–H and O–H groups in total. The second-order valence-corrected chi connectivity index (χ2v) is 8.75. The highest BCUT2D eigenvalue weighted by atomic mass is 32.2. The number of carbonyl (C=O) groups excluding carboxylic acids is 1. The molecular weight excluding hydrogens is 376 g/mol. The molecule has 0 saturated carbocycles. The Balaban J connectivity index is 2.11. The van der Waals surface area contributed by atoms with Crippen LogP contribution in [-0.4, -0.2) is 41.6 Å². The van der Waals surface area contributed by atoms with Gasteiger partial charge in [0.1, 0.15) is 4.21 Å². The Kier molecular flexibility index (Phi) is 6.63. The molecule has 142 valence electrons. The second-order valence-electron chi connectivity index (χ2n) is 5.47. The van der Waals surface area contributed by atoms with Crippen LogP contribution in [0.25, 0.3) is 0 Å². The monoisotopic (exact) mass is 398 g/mol. The van der Waals surface area contributed by atoms with Gasteiger partial charge in [0.05, 0.1) is 14.2 Å². The maximum Gasteiger partial charge on any atom is 0.250 e. The average molecular weight is 399 g/mol. The standard InChI is InChI=1S/C17H22N2O5S2/c1-12-5-8-17(25-12)26(21,22)18-9-10-19(13(2)20)14-6-7-15(23-3)16(11-14)24-4/h5-8,11,18H,9-10H2,1-4H3. The first-order valence-electron chi connectivity index (χ1n) is 7.84. The van der Waals surface area contributed by atoms with E-state index in [0.717, 1.165) is 4.88 Å². The van der Waals surface area contributed by atoms with E-state index in [9.17, 15) is 13.2 Å². The van der Waals surface area contributed by atoms with Crippen LogP contribution in [-0.2, 0) is 14.8 Å². The van der Waals surface area contributed by atoms with Crippen LogP contribution in [0.4, 0.5) is 5.69 Å². The molecule has 9 heteroatoms. The van der Waals surface area contributed by atoms with Gasteiger partial charge in [-0.1, -0.05) is 0 Å². The Morgan fingerprint density at radius 1 is 1.15 bits per heavy atom. The van der Waals surface area contributed by atoms with Gasteiger partial charge in [-0.25, -0.2) is 13.1 Å². The summed E-state index contributed by atoms with van der Waals surface area (Å²) in [6.07, 6.45) is 0. The fraction of sp³-hybridized carbons (Fsp3) is 0.353. The van der Waals surface area contributed by atoms with Crippen LogP contribution < -0.4 is 19.1 Å². The third-order valence-corrected chi connectivity index (χ3v) is 6.62. The maximum absolute atomic E-state index is 12.3. The van der Waals surface area contributed by atoms with Gasteiger partial charge in [0.15, 0.2) is 11.5 Å². The molecule has 0 radical (unpaired) electrons. The van der Waals surface area contributed by atoms with Gasteiger partial charge in [-0.2, -0.15) is 0 Å². The van der Waals surface area contributed by atoms with E-state index >= 15 is 0 Å². The summed E-state index contributed by atoms with van der Waals surface area (Å²) in [5, 5.41) is 0. The van der Waals surface area contributed by atoms with Gasteiger partial charge >= 0.3 is 0 Å². The molecule has 1 amide bonds. The van der Waals surface area contributed by atoms with E-state index in [2.05, 4.69) is 4.72 Å². The molecule has 7 nitrogen and oxygen atoms in total. The van der Waals surface area contributed by atoms with E-state index in [1.54, 1.807) is 30.3 Å². The number of aryl methyl sites for hydroxylation is 1. The molecule has 0 aliphatic rings. The van der Waals surface area contributed by atoms with Crippen LogP contribution in [0, 0.1) is 6.92 Å². The van der Waals surface area contributed by atoms with Crippen molar-refractivity contribution in [2.45, 2.75) is 18.1 Å². The molecule has 0 unspecified atom stereocenters. The average Bonchev–Trinajstić information content (AvgIpc) is 3.05. The predicted molar refractivity (Wildman–Crippen MR) is 102 cm³/mol. The van der Waals surface area contributed by atoms with Gasteiger partial charge < -0.3 is 14.4 Å². The van der Waals surface area contributed by atoms with Crippen molar-refractivity contribution in [1.82, 2.24) is 4.72 Å². The van der Waals surface area contributed by atoms with Crippen LogP contribution in [0.2, 0.25) is 0 Å². The molecule has 0 atom stereocenters. The SMILES string of the molecule is COc1ccc(N(CCNS(=O)(=O)c2ccc(C)s2)C(C)=O)cc1OC. The molecule has 0 aliphatic heterocycles. The van der Waals surface area contributed by atoms with Crippen molar-refractivity contribution in [3.05, 3.63) is 35.2 Å². The van der Waals surface area contributed by atoms with Crippen molar-refractivity contribution in [2.75, 3.05) is 32.2 Å². The van der Waals surface area contributed by atoms with Crippen LogP contribution >= 0.6 is 11.3 Å². The molecule has 0 fully saturated rings. The minimum Gasteiger partial charge on any atom is -0.493 e. The fourth-order valence-corrected chi connectivity index (χ4v) is 4.73. The van der Waals surface area contributed by atoms with Crippen molar-refractivity contribution >= 4 is 33.0 Å². The number of hydrogen-bond acceptors (Lipinski definition) is 6. The minimum atomic E-state index is -3.58. The van der Waals surface area contributed by atoms with E-state index in [4.69, 9.17) is 9.47 Å². The van der Waals surface area contributed by atoms with E-state index in [1.807, 2.05) is 6.92 Å². The highest BCUT2D eigenvalue weighted by molar-refractivity contribution is 7.91. The molecule has 0 aliphatic carbocycles. The van der Waals surface area contributed by atoms with Crippen LogP contribution in [0.5, 0.6) is 11.5 Å². The van der Waals surface area contributed by atoms with E-state index in [0.29, 0.717) is 17.2 Å². The summed E-state index contributed by atoms with van der Waals surface area (Å²) in [6, 6.07) is 8.42. The van der Waals surface area contributed by atoms with Crippen LogP contribution in [0.1, 0.15) is 11.8 Å². The predicted octanol–water partition coefficient (Wildman–Crippen LogP) is 2.41. The number of ether oxygens (including phenoxy) is 2. The molecule has 1 aromatic carbocycles. The topological polar surface area (TPSA) is 84.9 Å². The summed E-state index contributed by atoms with van der Waals surface area (Å²) < 4.78 is 37.8. The zero-order chi connectivity index (χ0) is 19.3. The Morgan fingerprint density at radius 2 is 1.85 bits per heavy atom. The number of thiophene rings is 1. The first kappa shape index (κ1) is 20.2. The summed E-state index contributed by atoms with van der Waals surface area (Å²) in [5.74, 6) is 0.836. The summed E-state index contributed by atoms with van der Waals surface area (Å²) >= 11 is 1.20. The Labute approximate surface area is 157 Å². The highest BCUT2D eigenvalue weighted by Gasteiger charge is 2.18. The van der Waals surface area contributed by atoms with Crippen LogP contribution in [0.3, 0.4) is 0 Å². The van der Waals surface area contributed by atoms with Gasteiger partial charge in [-0.15, -0.1) is 11.3 Å². The lowest BCUT2D eigenvalue weighted by Gasteiger charge is -2.22. The van der Waals surface area contributed by atoms with Crippen molar-refractivity contribution in [2.24, 2.45) is 0 Å². The molecule has 26 heavy (non-hydrogen) atoms. The first-order chi connectivity index (χ1) is 12.3. The summed E-state index contributed by atoms with van der Waals surface area (Å²) in [7, 11) is -0.541. The Bertz CT molecular complexity index is 877. The molecule has 0 saturated heterocycles. The van der Waals surface area contributed by atoms with Gasteiger partial charge in [0, 0.05) is 36.6 Å². The lowest BCUT2D eigenvalue weighted by molar-refractivity contribution is -0.116. The van der Waals surface area contributed by atoms with Crippen LogP contribution in [0.15, 0.2) is 34.5 Å². The summed E-state index contributed by atoms with van der Waals surface area (Å²) in [4.78, 5) is 14.4. The number of rotatable bonds is 8. The van der Waals surface area contributed by atoms with Crippen molar-refractivity contribution < 1.29 is 22.7 Å². The highest BCUT2D eigenvalue weighted by Crippen LogP contribution is 2.31. The largest absolute Gasteiger partial charge is 0.493 e. The second kappa shape index (κ2) is 8.52. The number of carbonyl (C=O) groups is 1. The lowest BCUT2D eigenvalue weighted by Crippen LogP contribution is -2.37. The number of benzene rings is 1. The van der Waals surface area contributed by atoms with Gasteiger partial charge in [0.25, 0.3) is 0 Å². The molecule has 0 bridgehead atoms. The van der Waals surface area contributed by atoms with Crippen molar-refractivity contribution in [3.8, 4) is 11.5 Å². The Hall–Kier alpha value is -2.10. The van der Waals surface area contributed by atoms with Gasteiger partial charge in [-0.3, -0.25) is 4.79 Å². The normalized spacial score (nSPS) is 11.2. The number of amides is 1. The zero-order valence-corrected chi connectivity index (χ0v) is 16.7. The fourth-order valence-electron chi connectivity index (χ4n) is 2.38. The maximum atomic E-state index is 12.3. The molecule has 1 aromatic heterocycles. The molecule has 0 spiro atoms. The third kappa shape index (κ3) is 4.75. The summed E-state index contributed by atoms with van der Waals surface area (Å²) in [5.41, 5.74) is 0.598. The minimum absolute atomic E-state index is 0.0905. The molecule has 2 aromatic rings. The summed E-state index contributed by atoms with van der Waals surface area (Å²) in [6.45, 7) is 3.55. The van der Waals surface area contributed by atoms with Crippen molar-refractivity contribution in [3.63, 3.8) is 0 Å². The molecule has 2 rings (SSSR count). The number of hydrogen-bond donors (Lipinski definition) is 1. The van der Waals surface area contributed by atoms with Gasteiger partial charge in [-0.05, 0) is 31.2 Å². The molecular formula is C17H22N2O5S2. The van der Waals surface area contributed by atoms with Gasteiger partial charge in [0.2, 0.25) is 15.9 Å². The number of nitrogens with zero attached hydrogens (tertiary/aromatic N) is 1. The third-order valence-electron chi connectivity index (χ3n) is 3.67. The van der Waals surface area contributed by atoms with E-state index in [1.165, 1.54) is 37.4 Å². The lowest BCUT2D eigenvalue weighted by atomic mass is 10.2. The molecule has 1 heterocycles. The zero-order valence-electron chi connectivity index (χ0n) is 15.1. The van der Waals surface area contributed by atoms with E-state index in [-0.39, 0.29) is 23.2 Å². The number of nitrogens with one attached hydrogen (secondary N) is 1.